The second kappa shape index (κ2) is 5.90. The molecule has 0 aromatic heterocycles. The van der Waals surface area contributed by atoms with Gasteiger partial charge in [0.15, 0.2) is 0 Å². The van der Waals surface area contributed by atoms with Gasteiger partial charge >= 0.3 is 0 Å². The number of hydrazine groups is 1. The van der Waals surface area contributed by atoms with Gasteiger partial charge in [-0.25, -0.2) is 8.42 Å². The van der Waals surface area contributed by atoms with E-state index in [1.807, 2.05) is 12.1 Å². The van der Waals surface area contributed by atoms with E-state index in [2.05, 4.69) is 11.5 Å². The van der Waals surface area contributed by atoms with Gasteiger partial charge in [0.05, 0.1) is 6.61 Å². The molecule has 106 valence electrons. The van der Waals surface area contributed by atoms with Crippen LogP contribution in [0.1, 0.15) is 30.0 Å². The normalized spacial score (nSPS) is 15.9. The first kappa shape index (κ1) is 14.3. The van der Waals surface area contributed by atoms with Gasteiger partial charge in [0.25, 0.3) is 0 Å². The zero-order chi connectivity index (χ0) is 13.9. The summed E-state index contributed by atoms with van der Waals surface area (Å²) < 4.78 is 27.7. The molecule has 1 aromatic rings. The van der Waals surface area contributed by atoms with Crippen molar-refractivity contribution in [3.05, 3.63) is 29.3 Å². The Hall–Kier alpha value is -1.11. The molecular formula is C13H20N2O3S. The summed E-state index contributed by atoms with van der Waals surface area (Å²) in [6.45, 7) is 0.730. The Morgan fingerprint density at radius 3 is 2.95 bits per heavy atom. The topological polar surface area (TPSA) is 81.4 Å². The van der Waals surface area contributed by atoms with Crippen molar-refractivity contribution in [1.82, 2.24) is 5.43 Å². The molecule has 1 heterocycles. The van der Waals surface area contributed by atoms with E-state index in [1.165, 1.54) is 11.8 Å². The maximum Gasteiger partial charge on any atom is 0.147 e. The van der Waals surface area contributed by atoms with Crippen molar-refractivity contribution in [3.63, 3.8) is 0 Å². The number of ether oxygens (including phenoxy) is 1. The van der Waals surface area contributed by atoms with Gasteiger partial charge in [0.1, 0.15) is 15.6 Å². The Labute approximate surface area is 114 Å². The van der Waals surface area contributed by atoms with E-state index in [0.717, 1.165) is 24.3 Å². The Morgan fingerprint density at radius 1 is 1.47 bits per heavy atom. The average Bonchev–Trinajstić information content (AvgIpc) is 2.80. The standard InChI is InChI=1S/C13H20N2O3S/c1-19(16,17)8-2-3-12(15-14)10-4-5-13-11(9-10)6-7-18-13/h4-5,9,12,15H,2-3,6-8,14H2,1H3. The first-order valence-electron chi connectivity index (χ1n) is 6.39. The predicted octanol–water partition coefficient (Wildman–Crippen LogP) is 0.951. The molecule has 0 radical (unpaired) electrons. The minimum Gasteiger partial charge on any atom is -0.493 e. The van der Waals surface area contributed by atoms with Crippen LogP contribution in [0.3, 0.4) is 0 Å². The first-order valence-corrected chi connectivity index (χ1v) is 8.45. The Bertz CT molecular complexity index is 543. The zero-order valence-electron chi connectivity index (χ0n) is 11.1. The van der Waals surface area contributed by atoms with Crippen molar-refractivity contribution in [2.75, 3.05) is 18.6 Å². The van der Waals surface area contributed by atoms with Crippen molar-refractivity contribution in [3.8, 4) is 5.75 Å². The predicted molar refractivity (Wildman–Crippen MR) is 74.6 cm³/mol. The van der Waals surface area contributed by atoms with Gasteiger partial charge < -0.3 is 4.74 Å². The molecular weight excluding hydrogens is 264 g/mol. The molecule has 1 aliphatic rings. The first-order chi connectivity index (χ1) is 8.99. The molecule has 5 nitrogen and oxygen atoms in total. The van der Waals surface area contributed by atoms with Crippen molar-refractivity contribution in [2.45, 2.75) is 25.3 Å². The Balaban J connectivity index is 2.01. The van der Waals surface area contributed by atoms with E-state index in [-0.39, 0.29) is 11.8 Å². The van der Waals surface area contributed by atoms with E-state index < -0.39 is 9.84 Å². The molecule has 0 spiro atoms. The van der Waals surface area contributed by atoms with E-state index >= 15 is 0 Å². The third-order valence-electron chi connectivity index (χ3n) is 3.32. The molecule has 1 atom stereocenters. The molecule has 3 N–H and O–H groups in total. The molecule has 1 unspecified atom stereocenters. The molecule has 0 amide bonds. The summed E-state index contributed by atoms with van der Waals surface area (Å²) in [5, 5.41) is 0. The Kier molecular flexibility index (Phi) is 4.44. The summed E-state index contributed by atoms with van der Waals surface area (Å²) in [5.41, 5.74) is 5.04. The average molecular weight is 284 g/mol. The van der Waals surface area contributed by atoms with Gasteiger partial charge in [-0.2, -0.15) is 0 Å². The molecule has 6 heteroatoms. The number of fused-ring (bicyclic) bond motifs is 1. The summed E-state index contributed by atoms with van der Waals surface area (Å²) >= 11 is 0. The highest BCUT2D eigenvalue weighted by molar-refractivity contribution is 7.90. The van der Waals surface area contributed by atoms with E-state index in [9.17, 15) is 8.42 Å². The van der Waals surface area contributed by atoms with Gasteiger partial charge in [-0.1, -0.05) is 12.1 Å². The maximum atomic E-state index is 11.1. The molecule has 19 heavy (non-hydrogen) atoms. The van der Waals surface area contributed by atoms with Crippen LogP contribution in [0.25, 0.3) is 0 Å². The molecule has 1 aromatic carbocycles. The van der Waals surface area contributed by atoms with Crippen molar-refractivity contribution >= 4 is 9.84 Å². The fourth-order valence-electron chi connectivity index (χ4n) is 2.32. The maximum absolute atomic E-state index is 11.1. The number of nitrogens with two attached hydrogens (primary N) is 1. The highest BCUT2D eigenvalue weighted by Gasteiger charge is 2.16. The second-order valence-electron chi connectivity index (χ2n) is 4.96. The van der Waals surface area contributed by atoms with Crippen LogP contribution in [0, 0.1) is 0 Å². The molecule has 0 saturated carbocycles. The van der Waals surface area contributed by atoms with Crippen LogP contribution >= 0.6 is 0 Å². The SMILES string of the molecule is CS(=O)(=O)CCCC(NN)c1ccc2c(c1)CCO2. The third-order valence-corrected chi connectivity index (χ3v) is 4.36. The minimum absolute atomic E-state index is 0.0207. The summed E-state index contributed by atoms with van der Waals surface area (Å²) in [7, 11) is -2.91. The van der Waals surface area contributed by atoms with Crippen molar-refractivity contribution < 1.29 is 13.2 Å². The molecule has 1 aliphatic heterocycles. The molecule has 2 rings (SSSR count). The van der Waals surface area contributed by atoms with Crippen LogP contribution in [0.4, 0.5) is 0 Å². The van der Waals surface area contributed by atoms with Gasteiger partial charge in [0, 0.05) is 24.5 Å². The van der Waals surface area contributed by atoms with Gasteiger partial charge in [0.2, 0.25) is 0 Å². The smallest absolute Gasteiger partial charge is 0.147 e. The van der Waals surface area contributed by atoms with E-state index in [4.69, 9.17) is 10.6 Å². The van der Waals surface area contributed by atoms with Gasteiger partial charge in [-0.3, -0.25) is 11.3 Å². The fraction of sp³-hybridized carbons (Fsp3) is 0.538. The summed E-state index contributed by atoms with van der Waals surface area (Å²) in [4.78, 5) is 0. The summed E-state index contributed by atoms with van der Waals surface area (Å²) in [5.74, 6) is 6.70. The van der Waals surface area contributed by atoms with Crippen LogP contribution in [-0.2, 0) is 16.3 Å². The number of hydrogen-bond donors (Lipinski definition) is 2. The lowest BCUT2D eigenvalue weighted by Gasteiger charge is -2.16. The lowest BCUT2D eigenvalue weighted by atomic mass is 10.00. The van der Waals surface area contributed by atoms with Crippen LogP contribution in [0.2, 0.25) is 0 Å². The fourth-order valence-corrected chi connectivity index (χ4v) is 3.01. The molecule has 0 aliphatic carbocycles. The van der Waals surface area contributed by atoms with E-state index in [1.54, 1.807) is 0 Å². The Morgan fingerprint density at radius 2 is 2.26 bits per heavy atom. The van der Waals surface area contributed by atoms with Gasteiger partial charge in [-0.05, 0) is 30.0 Å². The lowest BCUT2D eigenvalue weighted by Crippen LogP contribution is -2.28. The minimum atomic E-state index is -2.91. The number of sulfone groups is 1. The lowest BCUT2D eigenvalue weighted by molar-refractivity contribution is 0.356. The second-order valence-corrected chi connectivity index (χ2v) is 7.22. The van der Waals surface area contributed by atoms with Crippen LogP contribution < -0.4 is 16.0 Å². The number of hydrogen-bond acceptors (Lipinski definition) is 5. The van der Waals surface area contributed by atoms with Crippen molar-refractivity contribution in [2.24, 2.45) is 5.84 Å². The number of rotatable bonds is 6. The molecule has 0 fully saturated rings. The number of nitrogens with one attached hydrogen (secondary N) is 1. The third kappa shape index (κ3) is 3.92. The molecule has 0 saturated heterocycles. The van der Waals surface area contributed by atoms with Crippen LogP contribution in [-0.4, -0.2) is 27.0 Å². The summed E-state index contributed by atoms with van der Waals surface area (Å²) in [6.07, 6.45) is 3.47. The highest BCUT2D eigenvalue weighted by Crippen LogP contribution is 2.29. The number of benzene rings is 1. The molecule has 0 bridgehead atoms. The van der Waals surface area contributed by atoms with E-state index in [0.29, 0.717) is 12.8 Å². The zero-order valence-corrected chi connectivity index (χ0v) is 11.9. The quantitative estimate of drug-likeness (QED) is 0.600. The van der Waals surface area contributed by atoms with Crippen molar-refractivity contribution in [1.29, 1.82) is 0 Å². The van der Waals surface area contributed by atoms with Crippen LogP contribution in [0.15, 0.2) is 18.2 Å². The van der Waals surface area contributed by atoms with Gasteiger partial charge in [-0.15, -0.1) is 0 Å². The highest BCUT2D eigenvalue weighted by atomic mass is 32.2. The monoisotopic (exact) mass is 284 g/mol. The largest absolute Gasteiger partial charge is 0.493 e. The summed E-state index contributed by atoms with van der Waals surface area (Å²) in [6, 6.07) is 6.01. The van der Waals surface area contributed by atoms with Crippen LogP contribution in [0.5, 0.6) is 5.75 Å².